The number of carbonyl (C=O) groups excluding carboxylic acids is 1. The molecule has 0 radical (unpaired) electrons. The summed E-state index contributed by atoms with van der Waals surface area (Å²) in [6.45, 7) is 3.65. The summed E-state index contributed by atoms with van der Waals surface area (Å²) in [5.74, 6) is 1.06. The number of likely N-dealkylation sites (tertiary alicyclic amines) is 1. The molecule has 1 aromatic carbocycles. The smallest absolute Gasteiger partial charge is 0.253 e. The lowest BCUT2D eigenvalue weighted by Gasteiger charge is -2.31. The summed E-state index contributed by atoms with van der Waals surface area (Å²) in [6.07, 6.45) is 5.05. The Morgan fingerprint density at radius 2 is 1.86 bits per heavy atom. The standard InChI is InChI=1S/C21H22N4O3/c1-15-2-4-17(5-3-15)21(26)25-12-8-18(9-13-25)27-14-19-23-20(24-28-19)16-6-10-22-11-7-16/h2-7,10-11,18H,8-9,12-14H2,1H3. The van der Waals surface area contributed by atoms with E-state index in [9.17, 15) is 4.79 Å². The normalized spacial score (nSPS) is 15.0. The molecule has 0 unspecified atom stereocenters. The molecule has 0 saturated carbocycles. The summed E-state index contributed by atoms with van der Waals surface area (Å²) in [5, 5.41) is 3.98. The van der Waals surface area contributed by atoms with Crippen LogP contribution < -0.4 is 0 Å². The molecule has 7 heteroatoms. The molecule has 3 aromatic rings. The van der Waals surface area contributed by atoms with Gasteiger partial charge in [-0.1, -0.05) is 22.9 Å². The summed E-state index contributed by atoms with van der Waals surface area (Å²) in [5.41, 5.74) is 2.74. The quantitative estimate of drug-likeness (QED) is 0.678. The number of pyridine rings is 1. The number of hydrogen-bond acceptors (Lipinski definition) is 6. The topological polar surface area (TPSA) is 81.4 Å². The minimum Gasteiger partial charge on any atom is -0.368 e. The Kier molecular flexibility index (Phi) is 5.43. The van der Waals surface area contributed by atoms with E-state index in [0.29, 0.717) is 24.8 Å². The van der Waals surface area contributed by atoms with Crippen LogP contribution in [0.1, 0.15) is 34.7 Å². The van der Waals surface area contributed by atoms with Crippen LogP contribution in [0.5, 0.6) is 0 Å². The number of nitrogens with zero attached hydrogens (tertiary/aromatic N) is 4. The number of hydrogen-bond donors (Lipinski definition) is 0. The lowest BCUT2D eigenvalue weighted by atomic mass is 10.1. The van der Waals surface area contributed by atoms with Gasteiger partial charge in [0.25, 0.3) is 11.8 Å². The number of carbonyl (C=O) groups is 1. The van der Waals surface area contributed by atoms with Crippen LogP contribution >= 0.6 is 0 Å². The number of rotatable bonds is 5. The van der Waals surface area contributed by atoms with Gasteiger partial charge >= 0.3 is 0 Å². The van der Waals surface area contributed by atoms with Crippen molar-refractivity contribution < 1.29 is 14.1 Å². The maximum atomic E-state index is 12.6. The molecule has 0 atom stereocenters. The van der Waals surface area contributed by atoms with E-state index in [1.807, 2.05) is 48.2 Å². The third kappa shape index (κ3) is 4.26. The molecule has 1 fully saturated rings. The van der Waals surface area contributed by atoms with Crippen LogP contribution in [0, 0.1) is 6.92 Å². The van der Waals surface area contributed by atoms with Crippen molar-refractivity contribution in [2.75, 3.05) is 13.1 Å². The summed E-state index contributed by atoms with van der Waals surface area (Å²) < 4.78 is 11.2. The second kappa shape index (κ2) is 8.31. The molecule has 1 aliphatic rings. The van der Waals surface area contributed by atoms with Crippen LogP contribution in [0.25, 0.3) is 11.4 Å². The second-order valence-electron chi connectivity index (χ2n) is 6.92. The fourth-order valence-corrected chi connectivity index (χ4v) is 3.23. The maximum Gasteiger partial charge on any atom is 0.253 e. The molecular formula is C21H22N4O3. The van der Waals surface area contributed by atoms with E-state index in [-0.39, 0.29) is 18.6 Å². The summed E-state index contributed by atoms with van der Waals surface area (Å²) in [6, 6.07) is 11.4. The second-order valence-corrected chi connectivity index (χ2v) is 6.92. The van der Waals surface area contributed by atoms with Gasteiger partial charge < -0.3 is 14.2 Å². The number of amides is 1. The molecule has 2 aromatic heterocycles. The first-order valence-electron chi connectivity index (χ1n) is 9.39. The van der Waals surface area contributed by atoms with E-state index < -0.39 is 0 Å². The number of aromatic nitrogens is 3. The summed E-state index contributed by atoms with van der Waals surface area (Å²) >= 11 is 0. The lowest BCUT2D eigenvalue weighted by molar-refractivity contribution is -0.00978. The Labute approximate surface area is 163 Å². The van der Waals surface area contributed by atoms with Gasteiger partial charge in [-0.3, -0.25) is 9.78 Å². The van der Waals surface area contributed by atoms with Crippen molar-refractivity contribution >= 4 is 5.91 Å². The Morgan fingerprint density at radius 1 is 1.14 bits per heavy atom. The van der Waals surface area contributed by atoms with E-state index in [1.54, 1.807) is 12.4 Å². The van der Waals surface area contributed by atoms with Gasteiger partial charge in [-0.05, 0) is 44.0 Å². The zero-order valence-corrected chi connectivity index (χ0v) is 15.7. The van der Waals surface area contributed by atoms with E-state index in [2.05, 4.69) is 15.1 Å². The third-order valence-electron chi connectivity index (χ3n) is 4.88. The first-order chi connectivity index (χ1) is 13.7. The van der Waals surface area contributed by atoms with Crippen molar-refractivity contribution in [2.24, 2.45) is 0 Å². The summed E-state index contributed by atoms with van der Waals surface area (Å²) in [7, 11) is 0. The average molecular weight is 378 g/mol. The molecule has 28 heavy (non-hydrogen) atoms. The van der Waals surface area contributed by atoms with Crippen LogP contribution in [0.4, 0.5) is 0 Å². The zero-order chi connectivity index (χ0) is 19.3. The van der Waals surface area contributed by atoms with E-state index in [4.69, 9.17) is 9.26 Å². The van der Waals surface area contributed by atoms with Gasteiger partial charge in [0.1, 0.15) is 6.61 Å². The van der Waals surface area contributed by atoms with Gasteiger partial charge in [0.05, 0.1) is 6.10 Å². The average Bonchev–Trinajstić information content (AvgIpc) is 3.22. The highest BCUT2D eigenvalue weighted by atomic mass is 16.5. The molecule has 7 nitrogen and oxygen atoms in total. The lowest BCUT2D eigenvalue weighted by Crippen LogP contribution is -2.40. The van der Waals surface area contributed by atoms with Crippen LogP contribution in [-0.4, -0.2) is 45.1 Å². The van der Waals surface area contributed by atoms with Crippen LogP contribution in [0.3, 0.4) is 0 Å². The Morgan fingerprint density at radius 3 is 2.57 bits per heavy atom. The highest BCUT2D eigenvalue weighted by Crippen LogP contribution is 2.19. The summed E-state index contributed by atoms with van der Waals surface area (Å²) in [4.78, 5) is 22.8. The van der Waals surface area contributed by atoms with Crippen LogP contribution in [0.15, 0.2) is 53.3 Å². The zero-order valence-electron chi connectivity index (χ0n) is 15.7. The fraction of sp³-hybridized carbons (Fsp3) is 0.333. The van der Waals surface area contributed by atoms with Gasteiger partial charge in [0, 0.05) is 36.6 Å². The first kappa shape index (κ1) is 18.3. The van der Waals surface area contributed by atoms with Crippen molar-refractivity contribution in [3.05, 3.63) is 65.8 Å². The molecule has 0 bridgehead atoms. The van der Waals surface area contributed by atoms with Crippen molar-refractivity contribution in [2.45, 2.75) is 32.5 Å². The molecule has 0 N–H and O–H groups in total. The molecule has 144 valence electrons. The van der Waals surface area contributed by atoms with Crippen molar-refractivity contribution in [1.29, 1.82) is 0 Å². The molecule has 1 aliphatic heterocycles. The van der Waals surface area contributed by atoms with Crippen molar-refractivity contribution in [1.82, 2.24) is 20.0 Å². The minimum absolute atomic E-state index is 0.0809. The Bertz CT molecular complexity index is 916. The van der Waals surface area contributed by atoms with Crippen molar-refractivity contribution in [3.63, 3.8) is 0 Å². The monoisotopic (exact) mass is 378 g/mol. The predicted octanol–water partition coefficient (Wildman–Crippen LogP) is 3.26. The van der Waals surface area contributed by atoms with Crippen LogP contribution in [0.2, 0.25) is 0 Å². The first-order valence-corrected chi connectivity index (χ1v) is 9.39. The Balaban J connectivity index is 1.26. The van der Waals surface area contributed by atoms with Gasteiger partial charge in [-0.2, -0.15) is 4.98 Å². The van der Waals surface area contributed by atoms with Gasteiger partial charge in [-0.15, -0.1) is 0 Å². The molecule has 1 amide bonds. The predicted molar refractivity (Wildman–Crippen MR) is 102 cm³/mol. The Hall–Kier alpha value is -3.06. The van der Waals surface area contributed by atoms with E-state index >= 15 is 0 Å². The van der Waals surface area contributed by atoms with Crippen molar-refractivity contribution in [3.8, 4) is 11.4 Å². The highest BCUT2D eigenvalue weighted by molar-refractivity contribution is 5.94. The number of aryl methyl sites for hydroxylation is 1. The molecular weight excluding hydrogens is 356 g/mol. The minimum atomic E-state index is 0.0809. The molecule has 1 saturated heterocycles. The number of ether oxygens (including phenoxy) is 1. The molecule has 3 heterocycles. The van der Waals surface area contributed by atoms with Gasteiger partial charge in [0.15, 0.2) is 0 Å². The van der Waals surface area contributed by atoms with Gasteiger partial charge in [0.2, 0.25) is 5.82 Å². The van der Waals surface area contributed by atoms with E-state index in [0.717, 1.165) is 29.5 Å². The maximum absolute atomic E-state index is 12.6. The molecule has 4 rings (SSSR count). The van der Waals surface area contributed by atoms with Crippen LogP contribution in [-0.2, 0) is 11.3 Å². The molecule has 0 spiro atoms. The largest absolute Gasteiger partial charge is 0.368 e. The highest BCUT2D eigenvalue weighted by Gasteiger charge is 2.24. The van der Waals surface area contributed by atoms with Gasteiger partial charge in [-0.25, -0.2) is 0 Å². The fourth-order valence-electron chi connectivity index (χ4n) is 3.23. The number of piperidine rings is 1. The molecule has 0 aliphatic carbocycles. The van der Waals surface area contributed by atoms with E-state index in [1.165, 1.54) is 0 Å². The third-order valence-corrected chi connectivity index (χ3v) is 4.88. The number of benzene rings is 1. The SMILES string of the molecule is Cc1ccc(C(=O)N2CCC(OCc3nc(-c4ccncc4)no3)CC2)cc1.